The molecule has 2 aliphatic rings. The van der Waals surface area contributed by atoms with Crippen molar-refractivity contribution in [1.29, 1.82) is 0 Å². The highest BCUT2D eigenvalue weighted by Gasteiger charge is 2.42. The maximum Gasteiger partial charge on any atom is 0.339 e. The highest BCUT2D eigenvalue weighted by molar-refractivity contribution is 14.1. The molecule has 2 aliphatic heterocycles. The van der Waals surface area contributed by atoms with Gasteiger partial charge in [-0.1, -0.05) is 37.1 Å². The number of benzene rings is 2. The van der Waals surface area contributed by atoms with Crippen LogP contribution >= 0.6 is 34.4 Å². The van der Waals surface area contributed by atoms with E-state index in [1.165, 1.54) is 13.0 Å². The third-order valence-corrected chi connectivity index (χ3v) is 14.6. The van der Waals surface area contributed by atoms with E-state index in [0.717, 1.165) is 36.1 Å². The summed E-state index contributed by atoms with van der Waals surface area (Å²) in [6.45, 7) is 5.52. The predicted molar refractivity (Wildman–Crippen MR) is 272 cm³/mol. The van der Waals surface area contributed by atoms with Crippen LogP contribution in [0.3, 0.4) is 0 Å². The number of nitrogens with one attached hydrogen (secondary N) is 7. The van der Waals surface area contributed by atoms with E-state index in [1.54, 1.807) is 38.1 Å². The molecule has 6 atom stereocenters. The molecule has 20 heteroatoms. The first-order valence-corrected chi connectivity index (χ1v) is 26.2. The number of ether oxygens (including phenoxy) is 1. The normalized spacial score (nSPS) is 17.3. The standard InChI is InChI=1S/C49H71IN8O10S/c1-30-14-13-15-31(2)44(30)48(66)68-28-40(61)35(16-8-10-23-51)55-43(63)20-5-4-11-25-53-46(64)37(27-33-21-22-39(60)34(50)26-33)56-47(65)36(54-32(3)59)17-9-12-24-52-42(62)19-7-6-18-41-45-38(29-69-41)57-49(67)58-45/h13-15,21-22,26,35-38,41,45,60H,4-12,16-20,23-25,27-29,51H2,1-3H3,(H,52,62)(H,53,64)(H,54,59)(H,55,63)(H,56,65)(H2,57,58,67)/t35-,36-,37-,38+,41?,45+/m0/s1/i50-2. The second kappa shape index (κ2) is 29.9. The van der Waals surface area contributed by atoms with E-state index in [0.29, 0.717) is 90.8 Å². The number of aromatic hydroxyl groups is 1. The second-order valence-electron chi connectivity index (χ2n) is 17.8. The van der Waals surface area contributed by atoms with Crippen molar-refractivity contribution in [2.45, 2.75) is 153 Å². The van der Waals surface area contributed by atoms with Crippen molar-refractivity contribution in [3.63, 3.8) is 0 Å². The fourth-order valence-electron chi connectivity index (χ4n) is 8.41. The number of nitrogens with two attached hydrogens (primary N) is 1. The zero-order valence-corrected chi connectivity index (χ0v) is 43.0. The summed E-state index contributed by atoms with van der Waals surface area (Å²) >= 11 is 3.83. The minimum atomic E-state index is -1.02. The van der Waals surface area contributed by atoms with Gasteiger partial charge < -0.3 is 52.8 Å². The summed E-state index contributed by atoms with van der Waals surface area (Å²) in [5.74, 6) is -1.80. The Hall–Kier alpha value is -4.96. The van der Waals surface area contributed by atoms with E-state index in [4.69, 9.17) is 10.5 Å². The number of phenolic OH excluding ortho intramolecular Hbond substituents is 1. The zero-order chi connectivity index (χ0) is 50.3. The largest absolute Gasteiger partial charge is 0.507 e. The number of carbonyl (C=O) groups is 8. The molecule has 0 radical (unpaired) electrons. The monoisotopic (exact) mass is 1090 g/mol. The topological polar surface area (TPSA) is 276 Å². The molecule has 2 aromatic carbocycles. The zero-order valence-electron chi connectivity index (χ0n) is 40.1. The van der Waals surface area contributed by atoms with Gasteiger partial charge in [0.15, 0.2) is 12.4 Å². The number of amides is 7. The highest BCUT2D eigenvalue weighted by Crippen LogP contribution is 2.33. The minimum absolute atomic E-state index is 0.0552. The van der Waals surface area contributed by atoms with Crippen LogP contribution in [0.2, 0.25) is 0 Å². The van der Waals surface area contributed by atoms with Crippen LogP contribution < -0.4 is 43.0 Å². The molecule has 1 unspecified atom stereocenters. The molecule has 2 saturated heterocycles. The molecule has 0 aromatic heterocycles. The van der Waals surface area contributed by atoms with Crippen molar-refractivity contribution < 1.29 is 48.2 Å². The lowest BCUT2D eigenvalue weighted by Gasteiger charge is -2.23. The lowest BCUT2D eigenvalue weighted by molar-refractivity contribution is -0.131. The van der Waals surface area contributed by atoms with Crippen LogP contribution in [0.25, 0.3) is 0 Å². The van der Waals surface area contributed by atoms with Gasteiger partial charge in [0.1, 0.15) is 17.8 Å². The van der Waals surface area contributed by atoms with Crippen LogP contribution in [0.1, 0.15) is 124 Å². The number of urea groups is 1. The molecule has 69 heavy (non-hydrogen) atoms. The van der Waals surface area contributed by atoms with Crippen molar-refractivity contribution >= 4 is 81.7 Å². The summed E-state index contributed by atoms with van der Waals surface area (Å²) < 4.78 is 5.94. The number of halogens is 1. The van der Waals surface area contributed by atoms with Gasteiger partial charge in [0.2, 0.25) is 29.5 Å². The number of esters is 1. The Morgan fingerprint density at radius 3 is 2.20 bits per heavy atom. The fourth-order valence-corrected chi connectivity index (χ4v) is 10.5. The first-order chi connectivity index (χ1) is 33.1. The van der Waals surface area contributed by atoms with Crippen molar-refractivity contribution in [3.05, 3.63) is 62.2 Å². The lowest BCUT2D eigenvalue weighted by Crippen LogP contribution is -2.54. The molecule has 380 valence electrons. The summed E-state index contributed by atoms with van der Waals surface area (Å²) in [6.07, 6.45) is 7.73. The Bertz CT molecular complexity index is 2070. The van der Waals surface area contributed by atoms with Crippen molar-refractivity contribution in [2.75, 3.05) is 32.0 Å². The molecule has 0 bridgehead atoms. The summed E-state index contributed by atoms with van der Waals surface area (Å²) in [4.78, 5) is 103. The molecule has 2 heterocycles. The molecule has 2 aromatic rings. The second-order valence-corrected chi connectivity index (χ2v) is 20.3. The van der Waals surface area contributed by atoms with Crippen LogP contribution in [0, 0.1) is 17.4 Å². The molecule has 18 nitrogen and oxygen atoms in total. The van der Waals surface area contributed by atoms with Gasteiger partial charge in [0.25, 0.3) is 0 Å². The van der Waals surface area contributed by atoms with Crippen LogP contribution in [-0.2, 0) is 39.9 Å². The summed E-state index contributed by atoms with van der Waals surface area (Å²) in [5.41, 5.74) is 8.24. The molecule has 0 spiro atoms. The van der Waals surface area contributed by atoms with Gasteiger partial charge in [0.05, 0.1) is 27.3 Å². The van der Waals surface area contributed by atoms with Crippen LogP contribution in [-0.4, -0.2) is 120 Å². The Morgan fingerprint density at radius 1 is 0.797 bits per heavy atom. The first kappa shape index (κ1) is 56.6. The number of carbonyl (C=O) groups excluding carboxylic acids is 8. The third-order valence-electron chi connectivity index (χ3n) is 12.2. The van der Waals surface area contributed by atoms with Gasteiger partial charge in [-0.3, -0.25) is 28.8 Å². The number of fused-ring (bicyclic) bond motifs is 1. The van der Waals surface area contributed by atoms with E-state index in [-0.39, 0.29) is 61.5 Å². The molecule has 0 aliphatic carbocycles. The third kappa shape index (κ3) is 19.8. The number of thioether (sulfide) groups is 1. The van der Waals surface area contributed by atoms with Crippen LogP contribution in [0.5, 0.6) is 5.75 Å². The average Bonchev–Trinajstić information content (AvgIpc) is 3.86. The van der Waals surface area contributed by atoms with Gasteiger partial charge in [0, 0.05) is 50.3 Å². The van der Waals surface area contributed by atoms with Crippen LogP contribution in [0.15, 0.2) is 36.4 Å². The van der Waals surface area contributed by atoms with E-state index < -0.39 is 54.2 Å². The Balaban J connectivity index is 1.20. The van der Waals surface area contributed by atoms with E-state index in [9.17, 15) is 43.5 Å². The molecule has 2 fully saturated rings. The summed E-state index contributed by atoms with van der Waals surface area (Å²) in [5, 5.41) is 30.5. The van der Waals surface area contributed by atoms with E-state index in [1.807, 2.05) is 40.4 Å². The smallest absolute Gasteiger partial charge is 0.339 e. The number of phenols is 1. The SMILES string of the molecule is CC(=O)N[C@@H](CCCCNC(=O)CCCCC1SC[C@H]2NC(=O)N[C@@H]12)C(=O)N[C@@H](Cc1ccc(O)c([125I])c1)C(=O)NCCCCCC(=O)N[C@@H](CCCCN)C(=O)COC(=O)c1c(C)cccc1C. The van der Waals surface area contributed by atoms with Gasteiger partial charge in [-0.05, 0) is 136 Å². The predicted octanol–water partition coefficient (Wildman–Crippen LogP) is 3.87. The average molecular weight is 1090 g/mol. The molecular weight excluding hydrogens is 1020 g/mol. The maximum absolute atomic E-state index is 13.7. The number of hydrogen-bond donors (Lipinski definition) is 9. The molecular formula is C49H71IN8O10S. The minimum Gasteiger partial charge on any atom is -0.507 e. The van der Waals surface area contributed by atoms with E-state index in [2.05, 4.69) is 37.2 Å². The van der Waals surface area contributed by atoms with Crippen molar-refractivity contribution in [2.24, 2.45) is 5.73 Å². The van der Waals surface area contributed by atoms with E-state index >= 15 is 0 Å². The Labute approximate surface area is 423 Å². The molecule has 0 saturated carbocycles. The Kier molecular flexibility index (Phi) is 24.6. The molecule has 7 amide bonds. The fraction of sp³-hybridized carbons (Fsp3) is 0.592. The summed E-state index contributed by atoms with van der Waals surface area (Å²) in [6, 6.07) is 7.75. The van der Waals surface area contributed by atoms with Crippen molar-refractivity contribution in [3.8, 4) is 5.75 Å². The quantitative estimate of drug-likeness (QED) is 0.0225. The number of ketones is 1. The maximum atomic E-state index is 13.7. The summed E-state index contributed by atoms with van der Waals surface area (Å²) in [7, 11) is 0. The lowest BCUT2D eigenvalue weighted by atomic mass is 10.0. The highest BCUT2D eigenvalue weighted by atomic mass is 125. The van der Waals surface area contributed by atoms with Gasteiger partial charge in [-0.15, -0.1) is 0 Å². The van der Waals surface area contributed by atoms with Crippen molar-refractivity contribution in [1.82, 2.24) is 37.2 Å². The number of unbranched alkanes of at least 4 members (excludes halogenated alkanes) is 5. The number of Topliss-reactive ketones (excluding diaryl/α,β-unsaturated/α-hetero) is 1. The van der Waals surface area contributed by atoms with Crippen LogP contribution in [0.4, 0.5) is 4.79 Å². The van der Waals surface area contributed by atoms with Gasteiger partial charge >= 0.3 is 12.0 Å². The van der Waals surface area contributed by atoms with Gasteiger partial charge in [-0.25, -0.2) is 9.59 Å². The van der Waals surface area contributed by atoms with Gasteiger partial charge in [-0.2, -0.15) is 11.8 Å². The number of aryl methyl sites for hydroxylation is 2. The molecule has 10 N–H and O–H groups in total. The first-order valence-electron chi connectivity index (χ1n) is 24.1. The molecule has 4 rings (SSSR count). The number of hydrogen-bond acceptors (Lipinski definition) is 12. The Morgan fingerprint density at radius 2 is 1.48 bits per heavy atom. The number of rotatable bonds is 31.